The van der Waals surface area contributed by atoms with Crippen molar-refractivity contribution in [2.75, 3.05) is 7.11 Å². The van der Waals surface area contributed by atoms with E-state index in [1.54, 1.807) is 0 Å². The Bertz CT molecular complexity index is 350. The molecule has 1 rings (SSSR count). The third-order valence-corrected chi connectivity index (χ3v) is 1.85. The van der Waals surface area contributed by atoms with E-state index in [1.807, 2.05) is 0 Å². The lowest BCUT2D eigenvalue weighted by Gasteiger charge is -2.09. The molecule has 0 saturated carbocycles. The van der Waals surface area contributed by atoms with Crippen LogP contribution in [0.1, 0.15) is 11.7 Å². The highest BCUT2D eigenvalue weighted by Gasteiger charge is 2.17. The van der Waals surface area contributed by atoms with Gasteiger partial charge in [-0.15, -0.1) is 0 Å². The van der Waals surface area contributed by atoms with E-state index in [9.17, 15) is 18.7 Å². The first kappa shape index (κ1) is 12.4. The van der Waals surface area contributed by atoms with Gasteiger partial charge in [0, 0.05) is 0 Å². The molecule has 0 aliphatic carbocycles. The van der Waals surface area contributed by atoms with Crippen molar-refractivity contribution >= 4 is 5.97 Å². The highest BCUT2D eigenvalue weighted by molar-refractivity contribution is 5.76. The molecular weight excluding hydrogens is 222 g/mol. The van der Waals surface area contributed by atoms with E-state index < -0.39 is 18.7 Å². The number of aliphatic hydroxyl groups excluding tert-OH is 1. The van der Waals surface area contributed by atoms with Crippen molar-refractivity contribution in [1.29, 1.82) is 0 Å². The second kappa shape index (κ2) is 5.41. The third-order valence-electron chi connectivity index (χ3n) is 1.85. The molecule has 0 fully saturated rings. The van der Waals surface area contributed by atoms with Crippen molar-refractivity contribution in [2.45, 2.75) is 12.7 Å². The number of carbonyl (C=O) groups is 1. The zero-order chi connectivity index (χ0) is 12.1. The first-order chi connectivity index (χ1) is 7.54. The van der Waals surface area contributed by atoms with Crippen molar-refractivity contribution in [3.8, 4) is 5.75 Å². The van der Waals surface area contributed by atoms with Gasteiger partial charge >= 0.3 is 12.6 Å². The monoisotopic (exact) mass is 232 g/mol. The molecule has 0 amide bonds. The van der Waals surface area contributed by atoms with Crippen LogP contribution in [-0.2, 0) is 9.53 Å². The zero-order valence-corrected chi connectivity index (χ0v) is 8.39. The Morgan fingerprint density at radius 3 is 2.31 bits per heavy atom. The molecular formula is C10H10F2O4. The molecule has 4 nitrogen and oxygen atoms in total. The van der Waals surface area contributed by atoms with Gasteiger partial charge in [-0.2, -0.15) is 8.78 Å². The molecule has 0 aliphatic heterocycles. The minimum atomic E-state index is -2.91. The van der Waals surface area contributed by atoms with Crippen LogP contribution in [0, 0.1) is 0 Å². The number of benzene rings is 1. The van der Waals surface area contributed by atoms with Gasteiger partial charge in [-0.25, -0.2) is 4.79 Å². The van der Waals surface area contributed by atoms with Gasteiger partial charge in [-0.3, -0.25) is 0 Å². The molecule has 1 unspecified atom stereocenters. The molecule has 0 radical (unpaired) electrons. The summed E-state index contributed by atoms with van der Waals surface area (Å²) in [7, 11) is 1.14. The second-order valence-corrected chi connectivity index (χ2v) is 2.87. The normalized spacial score (nSPS) is 12.3. The van der Waals surface area contributed by atoms with Crippen LogP contribution in [0.3, 0.4) is 0 Å². The Kier molecular flexibility index (Phi) is 4.19. The van der Waals surface area contributed by atoms with Crippen molar-refractivity contribution in [3.05, 3.63) is 29.8 Å². The number of rotatable bonds is 4. The number of hydrogen-bond donors (Lipinski definition) is 1. The number of methoxy groups -OCH3 is 1. The first-order valence-electron chi connectivity index (χ1n) is 4.35. The Labute approximate surface area is 90.4 Å². The summed E-state index contributed by atoms with van der Waals surface area (Å²) in [5.74, 6) is -0.863. The minimum Gasteiger partial charge on any atom is -0.467 e. The van der Waals surface area contributed by atoms with Crippen molar-refractivity contribution in [2.24, 2.45) is 0 Å². The molecule has 0 spiro atoms. The van der Waals surface area contributed by atoms with Crippen LogP contribution in [0.4, 0.5) is 8.78 Å². The van der Waals surface area contributed by atoms with E-state index in [2.05, 4.69) is 9.47 Å². The lowest BCUT2D eigenvalue weighted by Crippen LogP contribution is -2.13. The Morgan fingerprint density at radius 1 is 1.31 bits per heavy atom. The molecule has 0 saturated heterocycles. The van der Waals surface area contributed by atoms with E-state index in [-0.39, 0.29) is 11.3 Å². The van der Waals surface area contributed by atoms with Crippen LogP contribution in [0.25, 0.3) is 0 Å². The first-order valence-corrected chi connectivity index (χ1v) is 4.35. The molecule has 0 aromatic heterocycles. The van der Waals surface area contributed by atoms with Crippen LogP contribution in [0.15, 0.2) is 24.3 Å². The fourth-order valence-electron chi connectivity index (χ4n) is 1.08. The Morgan fingerprint density at radius 2 is 1.88 bits per heavy atom. The zero-order valence-electron chi connectivity index (χ0n) is 8.39. The predicted octanol–water partition coefficient (Wildman–Crippen LogP) is 1.49. The summed E-state index contributed by atoms with van der Waals surface area (Å²) < 4.78 is 32.1. The summed E-state index contributed by atoms with van der Waals surface area (Å²) in [4.78, 5) is 11.0. The van der Waals surface area contributed by atoms with E-state index in [1.165, 1.54) is 24.3 Å². The average Bonchev–Trinajstić information content (AvgIpc) is 2.27. The average molecular weight is 232 g/mol. The predicted molar refractivity (Wildman–Crippen MR) is 50.0 cm³/mol. The smallest absolute Gasteiger partial charge is 0.387 e. The van der Waals surface area contributed by atoms with E-state index in [4.69, 9.17) is 0 Å². The van der Waals surface area contributed by atoms with Crippen LogP contribution in [0.5, 0.6) is 5.75 Å². The number of halogens is 2. The summed E-state index contributed by atoms with van der Waals surface area (Å²) in [5.41, 5.74) is 0.244. The number of esters is 1. The number of hydrogen-bond acceptors (Lipinski definition) is 4. The van der Waals surface area contributed by atoms with Crippen LogP contribution < -0.4 is 4.74 Å². The van der Waals surface area contributed by atoms with Crippen LogP contribution >= 0.6 is 0 Å². The summed E-state index contributed by atoms with van der Waals surface area (Å²) >= 11 is 0. The van der Waals surface area contributed by atoms with Crippen LogP contribution in [0.2, 0.25) is 0 Å². The Balaban J connectivity index is 2.74. The van der Waals surface area contributed by atoms with Crippen molar-refractivity contribution < 1.29 is 28.2 Å². The molecule has 0 aliphatic rings. The maximum Gasteiger partial charge on any atom is 0.387 e. The fraction of sp³-hybridized carbons (Fsp3) is 0.300. The molecule has 16 heavy (non-hydrogen) atoms. The van der Waals surface area contributed by atoms with E-state index >= 15 is 0 Å². The standard InChI is InChI=1S/C10H10F2O4/c1-15-9(14)8(13)6-2-4-7(5-3-6)16-10(11)12/h2-5,8,10,13H,1H3. The summed E-state index contributed by atoms with van der Waals surface area (Å²) in [6, 6.07) is 5.07. The minimum absolute atomic E-state index is 0.0455. The lowest BCUT2D eigenvalue weighted by atomic mass is 10.1. The van der Waals surface area contributed by atoms with Gasteiger partial charge in [0.25, 0.3) is 0 Å². The largest absolute Gasteiger partial charge is 0.467 e. The van der Waals surface area contributed by atoms with Gasteiger partial charge in [-0.1, -0.05) is 12.1 Å². The van der Waals surface area contributed by atoms with Gasteiger partial charge < -0.3 is 14.6 Å². The summed E-state index contributed by atoms with van der Waals surface area (Å²) in [5, 5.41) is 9.40. The van der Waals surface area contributed by atoms with Gasteiger partial charge in [-0.05, 0) is 17.7 Å². The van der Waals surface area contributed by atoms with E-state index in [0.717, 1.165) is 7.11 Å². The molecule has 1 atom stereocenters. The van der Waals surface area contributed by atoms with Gasteiger partial charge in [0.05, 0.1) is 7.11 Å². The van der Waals surface area contributed by atoms with Gasteiger partial charge in [0.1, 0.15) is 5.75 Å². The molecule has 0 bridgehead atoms. The van der Waals surface area contributed by atoms with Crippen molar-refractivity contribution in [3.63, 3.8) is 0 Å². The third kappa shape index (κ3) is 3.16. The highest BCUT2D eigenvalue weighted by Crippen LogP contribution is 2.19. The SMILES string of the molecule is COC(=O)C(O)c1ccc(OC(F)F)cc1. The van der Waals surface area contributed by atoms with Crippen LogP contribution in [-0.4, -0.2) is 24.8 Å². The molecule has 6 heteroatoms. The quantitative estimate of drug-likeness (QED) is 0.799. The molecule has 88 valence electrons. The van der Waals surface area contributed by atoms with Gasteiger partial charge in [0.2, 0.25) is 0 Å². The molecule has 0 heterocycles. The number of carbonyl (C=O) groups excluding carboxylic acids is 1. The lowest BCUT2D eigenvalue weighted by molar-refractivity contribution is -0.150. The summed E-state index contributed by atoms with van der Waals surface area (Å²) in [6.07, 6.45) is -1.43. The number of alkyl halides is 2. The Hall–Kier alpha value is -1.69. The second-order valence-electron chi connectivity index (χ2n) is 2.87. The van der Waals surface area contributed by atoms with Gasteiger partial charge in [0.15, 0.2) is 6.10 Å². The molecule has 1 aromatic rings. The highest BCUT2D eigenvalue weighted by atomic mass is 19.3. The fourth-order valence-corrected chi connectivity index (χ4v) is 1.08. The summed E-state index contributed by atoms with van der Waals surface area (Å²) in [6.45, 7) is -2.91. The maximum atomic E-state index is 11.8. The topological polar surface area (TPSA) is 55.8 Å². The number of aliphatic hydroxyl groups is 1. The number of ether oxygens (including phenoxy) is 2. The maximum absolute atomic E-state index is 11.8. The molecule has 1 N–H and O–H groups in total. The van der Waals surface area contributed by atoms with E-state index in [0.29, 0.717) is 0 Å². The molecule has 1 aromatic carbocycles. The van der Waals surface area contributed by atoms with Crippen molar-refractivity contribution in [1.82, 2.24) is 0 Å².